The van der Waals surface area contributed by atoms with Crippen LogP contribution in [0.1, 0.15) is 0 Å². The van der Waals surface area contributed by atoms with Gasteiger partial charge >= 0.3 is 0 Å². The number of methoxy groups -OCH3 is 1. The van der Waals surface area contributed by atoms with E-state index in [0.717, 1.165) is 59.6 Å². The van der Waals surface area contributed by atoms with E-state index in [0.29, 0.717) is 23.3 Å². The number of nitrogens with one attached hydrogen (secondary N) is 2. The Morgan fingerprint density at radius 3 is 2.66 bits per heavy atom. The summed E-state index contributed by atoms with van der Waals surface area (Å²) in [7, 11) is 3.68. The van der Waals surface area contributed by atoms with E-state index in [1.165, 1.54) is 0 Å². The topological polar surface area (TPSA) is 99.3 Å². The number of pyridine rings is 3. The van der Waals surface area contributed by atoms with E-state index < -0.39 is 0 Å². The van der Waals surface area contributed by atoms with Crippen LogP contribution in [0.5, 0.6) is 5.88 Å². The van der Waals surface area contributed by atoms with E-state index >= 15 is 0 Å². The second-order valence-corrected chi connectivity index (χ2v) is 9.01. The van der Waals surface area contributed by atoms with Gasteiger partial charge in [0.25, 0.3) is 0 Å². The van der Waals surface area contributed by atoms with Crippen LogP contribution in [0, 0.1) is 0 Å². The lowest BCUT2D eigenvalue weighted by molar-refractivity contribution is -0.117. The van der Waals surface area contributed by atoms with Crippen LogP contribution in [0.3, 0.4) is 0 Å². The number of piperazine rings is 1. The molecule has 0 bridgehead atoms. The van der Waals surface area contributed by atoms with Crippen molar-refractivity contribution in [2.75, 3.05) is 52.2 Å². The summed E-state index contributed by atoms with van der Waals surface area (Å²) in [6.45, 7) is 4.02. The largest absolute Gasteiger partial charge is 0.481 e. The number of nitrogens with zero attached hydrogens (tertiary/aromatic N) is 5. The van der Waals surface area contributed by atoms with Gasteiger partial charge in [0, 0.05) is 67.5 Å². The van der Waals surface area contributed by atoms with Gasteiger partial charge < -0.3 is 19.9 Å². The van der Waals surface area contributed by atoms with Crippen molar-refractivity contribution in [2.24, 2.45) is 0 Å². The summed E-state index contributed by atoms with van der Waals surface area (Å²) in [4.78, 5) is 33.8. The molecule has 1 aliphatic heterocycles. The molecule has 2 N–H and O–H groups in total. The second kappa shape index (κ2) is 9.99. The number of amides is 1. The first-order valence-electron chi connectivity index (χ1n) is 11.3. The van der Waals surface area contributed by atoms with E-state index in [1.807, 2.05) is 30.3 Å². The molecule has 10 heteroatoms. The zero-order valence-electron chi connectivity index (χ0n) is 19.6. The summed E-state index contributed by atoms with van der Waals surface area (Å²) in [6.07, 6.45) is 5.06. The van der Waals surface area contributed by atoms with Gasteiger partial charge in [-0.15, -0.1) is 0 Å². The molecular weight excluding hydrogens is 466 g/mol. The molecule has 0 unspecified atom stereocenters. The highest BCUT2D eigenvalue weighted by molar-refractivity contribution is 6.31. The smallest absolute Gasteiger partial charge is 0.239 e. The van der Waals surface area contributed by atoms with E-state index in [4.69, 9.17) is 16.3 Å². The fourth-order valence-corrected chi connectivity index (χ4v) is 4.40. The Morgan fingerprint density at radius 1 is 1.09 bits per heavy atom. The first kappa shape index (κ1) is 23.2. The first-order valence-corrected chi connectivity index (χ1v) is 11.7. The van der Waals surface area contributed by atoms with Crippen LogP contribution in [0.25, 0.3) is 33.4 Å². The van der Waals surface area contributed by atoms with Crippen LogP contribution in [-0.2, 0) is 4.79 Å². The molecule has 5 heterocycles. The number of anilines is 1. The number of ether oxygens (including phenoxy) is 1. The fraction of sp³-hybridized carbons (Fsp3) is 0.280. The average Bonchev–Trinajstić information content (AvgIpc) is 3.24. The molecule has 0 atom stereocenters. The number of aromatic nitrogens is 4. The van der Waals surface area contributed by atoms with Crippen molar-refractivity contribution in [2.45, 2.75) is 0 Å². The first-order chi connectivity index (χ1) is 17.0. The SMILES string of the molecule is COc1ccc(-c2c(-c3ccnc(NC(=O)CN4CCN(C)CC4)c3)[nH]c3cc(Cl)cnc23)cn1. The van der Waals surface area contributed by atoms with Crippen molar-refractivity contribution >= 4 is 34.4 Å². The lowest BCUT2D eigenvalue weighted by atomic mass is 10.0. The van der Waals surface area contributed by atoms with Gasteiger partial charge in [-0.3, -0.25) is 14.7 Å². The number of rotatable bonds is 6. The standard InChI is InChI=1S/C25H26ClN7O2/c1-32-7-9-33(10-8-32)15-21(34)31-20-11-16(5-6-27-20)24-23(17-3-4-22(35-2)28-13-17)25-19(30-24)12-18(26)14-29-25/h3-6,11-14,30H,7-10,15H2,1-2H3,(H,27,31,34). The van der Waals surface area contributed by atoms with Crippen molar-refractivity contribution in [3.8, 4) is 28.3 Å². The molecule has 5 rings (SSSR count). The molecule has 0 aromatic carbocycles. The molecule has 1 aliphatic rings. The molecule has 9 nitrogen and oxygen atoms in total. The highest BCUT2D eigenvalue weighted by Gasteiger charge is 2.19. The third kappa shape index (κ3) is 5.12. The predicted octanol–water partition coefficient (Wildman–Crippen LogP) is 3.53. The van der Waals surface area contributed by atoms with Crippen molar-refractivity contribution < 1.29 is 9.53 Å². The minimum atomic E-state index is -0.0797. The van der Waals surface area contributed by atoms with Crippen molar-refractivity contribution in [3.05, 3.63) is 53.9 Å². The maximum Gasteiger partial charge on any atom is 0.239 e. The Labute approximate surface area is 208 Å². The van der Waals surface area contributed by atoms with Gasteiger partial charge in [0.05, 0.1) is 35.4 Å². The molecule has 180 valence electrons. The molecule has 35 heavy (non-hydrogen) atoms. The highest BCUT2D eigenvalue weighted by Crippen LogP contribution is 2.38. The van der Waals surface area contributed by atoms with Crippen LogP contribution in [0.15, 0.2) is 48.9 Å². The number of hydrogen-bond acceptors (Lipinski definition) is 7. The van der Waals surface area contributed by atoms with Crippen LogP contribution in [0.4, 0.5) is 5.82 Å². The Kier molecular flexibility index (Phi) is 6.63. The van der Waals surface area contributed by atoms with Crippen LogP contribution >= 0.6 is 11.6 Å². The molecule has 0 radical (unpaired) electrons. The number of halogens is 1. The number of fused-ring (bicyclic) bond motifs is 1. The van der Waals surface area contributed by atoms with Crippen molar-refractivity contribution in [3.63, 3.8) is 0 Å². The van der Waals surface area contributed by atoms with Gasteiger partial charge in [-0.2, -0.15) is 0 Å². The summed E-state index contributed by atoms with van der Waals surface area (Å²) in [5.41, 5.74) is 5.02. The van der Waals surface area contributed by atoms with Gasteiger partial charge in [-0.25, -0.2) is 9.97 Å². The van der Waals surface area contributed by atoms with Gasteiger partial charge in [0.15, 0.2) is 0 Å². The zero-order chi connectivity index (χ0) is 24.4. The molecule has 1 amide bonds. The predicted molar refractivity (Wildman–Crippen MR) is 137 cm³/mol. The molecule has 0 spiro atoms. The lowest BCUT2D eigenvalue weighted by Crippen LogP contribution is -2.47. The molecule has 4 aromatic rings. The maximum atomic E-state index is 12.7. The third-order valence-electron chi connectivity index (χ3n) is 6.11. The number of carbonyl (C=O) groups excluding carboxylic acids is 1. The highest BCUT2D eigenvalue weighted by atomic mass is 35.5. The summed E-state index contributed by atoms with van der Waals surface area (Å²) < 4.78 is 5.21. The minimum Gasteiger partial charge on any atom is -0.481 e. The number of hydrogen-bond donors (Lipinski definition) is 2. The van der Waals surface area contributed by atoms with E-state index in [1.54, 1.807) is 25.7 Å². The molecule has 4 aromatic heterocycles. The Hall–Kier alpha value is -3.53. The average molecular weight is 492 g/mol. The normalized spacial score (nSPS) is 14.8. The molecule has 0 saturated carbocycles. The van der Waals surface area contributed by atoms with Crippen molar-refractivity contribution in [1.29, 1.82) is 0 Å². The number of likely N-dealkylation sites (N-methyl/N-ethyl adjacent to an activating group) is 1. The number of aromatic amines is 1. The monoisotopic (exact) mass is 491 g/mol. The van der Waals surface area contributed by atoms with Crippen LogP contribution in [0.2, 0.25) is 5.02 Å². The van der Waals surface area contributed by atoms with E-state index in [-0.39, 0.29) is 5.91 Å². The summed E-state index contributed by atoms with van der Waals surface area (Å²) in [5.74, 6) is 0.939. The Bertz CT molecular complexity index is 1350. The van der Waals surface area contributed by atoms with Gasteiger partial charge in [-0.1, -0.05) is 11.6 Å². The maximum absolute atomic E-state index is 12.7. The molecule has 1 saturated heterocycles. The zero-order valence-corrected chi connectivity index (χ0v) is 20.3. The Morgan fingerprint density at radius 2 is 1.91 bits per heavy atom. The second-order valence-electron chi connectivity index (χ2n) is 8.57. The number of carbonyl (C=O) groups is 1. The van der Waals surface area contributed by atoms with E-state index in [9.17, 15) is 4.79 Å². The molecule has 0 aliphatic carbocycles. The minimum absolute atomic E-state index is 0.0797. The third-order valence-corrected chi connectivity index (χ3v) is 6.32. The molecule has 1 fully saturated rings. The summed E-state index contributed by atoms with van der Waals surface area (Å²) >= 11 is 6.21. The molecular formula is C25H26ClN7O2. The fourth-order valence-electron chi connectivity index (χ4n) is 4.24. The lowest BCUT2D eigenvalue weighted by Gasteiger charge is -2.31. The summed E-state index contributed by atoms with van der Waals surface area (Å²) in [6, 6.07) is 9.34. The van der Waals surface area contributed by atoms with Gasteiger partial charge in [0.1, 0.15) is 5.82 Å². The van der Waals surface area contributed by atoms with Crippen LogP contribution < -0.4 is 10.1 Å². The quantitative estimate of drug-likeness (QED) is 0.425. The van der Waals surface area contributed by atoms with Crippen LogP contribution in [-0.4, -0.2) is 82.5 Å². The number of H-pyrrole nitrogens is 1. The van der Waals surface area contributed by atoms with Gasteiger partial charge in [-0.05, 0) is 31.3 Å². The van der Waals surface area contributed by atoms with E-state index in [2.05, 4.69) is 42.1 Å². The van der Waals surface area contributed by atoms with Gasteiger partial charge in [0.2, 0.25) is 11.8 Å². The summed E-state index contributed by atoms with van der Waals surface area (Å²) in [5, 5.41) is 3.48. The van der Waals surface area contributed by atoms with Crippen molar-refractivity contribution in [1.82, 2.24) is 29.7 Å². The Balaban J connectivity index is 1.46.